The number of carbonyl (C=O) groups excluding carboxylic acids is 1. The molecule has 0 aromatic heterocycles. The number of rotatable bonds is 8. The predicted octanol–water partition coefficient (Wildman–Crippen LogP) is 4.99. The van der Waals surface area contributed by atoms with Crippen molar-refractivity contribution in [3.63, 3.8) is 0 Å². The number of amides is 1. The van der Waals surface area contributed by atoms with Crippen molar-refractivity contribution in [2.24, 2.45) is 5.92 Å². The molecule has 30 heavy (non-hydrogen) atoms. The fourth-order valence-corrected chi connectivity index (χ4v) is 4.65. The quantitative estimate of drug-likeness (QED) is 0.542. The normalized spacial score (nSPS) is 19.0. The minimum absolute atomic E-state index is 0.0210. The summed E-state index contributed by atoms with van der Waals surface area (Å²) in [5.41, 5.74) is 1.50. The number of likely N-dealkylation sites (tertiary alicyclic amines) is 1. The maximum Gasteiger partial charge on any atom is 0.258 e. The second-order valence-electron chi connectivity index (χ2n) is 8.20. The molecule has 5 nitrogen and oxygen atoms in total. The lowest BCUT2D eigenvalue weighted by Gasteiger charge is -2.31. The van der Waals surface area contributed by atoms with E-state index < -0.39 is 0 Å². The van der Waals surface area contributed by atoms with E-state index in [4.69, 9.17) is 9.47 Å². The van der Waals surface area contributed by atoms with E-state index in [1.54, 1.807) is 26.4 Å². The molecule has 160 valence electrons. The summed E-state index contributed by atoms with van der Waals surface area (Å²) in [5.74, 6) is 2.02. The molecule has 2 aromatic rings. The summed E-state index contributed by atoms with van der Waals surface area (Å²) < 4.78 is 11.7. The summed E-state index contributed by atoms with van der Waals surface area (Å²) in [4.78, 5) is 18.2. The van der Waals surface area contributed by atoms with Gasteiger partial charge in [0.2, 0.25) is 0 Å². The number of nitrogens with zero attached hydrogens (tertiary/aromatic N) is 2. The molecule has 1 saturated carbocycles. The first-order chi connectivity index (χ1) is 14.6. The Morgan fingerprint density at radius 3 is 2.60 bits per heavy atom. The Balaban J connectivity index is 1.62. The predicted molar refractivity (Wildman–Crippen MR) is 123 cm³/mol. The van der Waals surface area contributed by atoms with Crippen molar-refractivity contribution in [3.8, 4) is 11.5 Å². The number of hydrogen-bond acceptors (Lipinski definition) is 4. The Bertz CT molecular complexity index is 900. The van der Waals surface area contributed by atoms with Gasteiger partial charge in [-0.1, -0.05) is 22.0 Å². The molecule has 1 heterocycles. The Morgan fingerprint density at radius 1 is 1.10 bits per heavy atom. The van der Waals surface area contributed by atoms with E-state index >= 15 is 0 Å². The van der Waals surface area contributed by atoms with Gasteiger partial charge in [-0.05, 0) is 74.5 Å². The molecule has 6 heteroatoms. The smallest absolute Gasteiger partial charge is 0.258 e. The molecule has 0 radical (unpaired) electrons. The highest BCUT2D eigenvalue weighted by molar-refractivity contribution is 9.10. The van der Waals surface area contributed by atoms with Crippen LogP contribution in [0, 0.1) is 5.92 Å². The zero-order valence-corrected chi connectivity index (χ0v) is 19.2. The van der Waals surface area contributed by atoms with Crippen LogP contribution in [0.1, 0.15) is 36.0 Å². The number of carbonyl (C=O) groups is 1. The van der Waals surface area contributed by atoms with Crippen LogP contribution in [0.15, 0.2) is 46.9 Å². The minimum Gasteiger partial charge on any atom is -0.493 e. The fourth-order valence-electron chi connectivity index (χ4n) is 4.26. The molecular formula is C24H29BrN2O3. The first-order valence-corrected chi connectivity index (χ1v) is 11.4. The maximum absolute atomic E-state index is 13.6. The minimum atomic E-state index is -0.0210. The average molecular weight is 473 g/mol. The molecule has 0 spiro atoms. The molecule has 1 saturated heterocycles. The highest BCUT2D eigenvalue weighted by Crippen LogP contribution is 2.34. The zero-order chi connectivity index (χ0) is 21.1. The van der Waals surface area contributed by atoms with Crippen molar-refractivity contribution in [2.75, 3.05) is 38.8 Å². The summed E-state index contributed by atoms with van der Waals surface area (Å²) in [6.45, 7) is 3.00. The average Bonchev–Trinajstić information content (AvgIpc) is 3.48. The molecule has 2 fully saturated rings. The van der Waals surface area contributed by atoms with Crippen molar-refractivity contribution in [3.05, 3.63) is 52.5 Å². The second-order valence-corrected chi connectivity index (χ2v) is 9.12. The Hall–Kier alpha value is -2.05. The number of ether oxygens (including phenoxy) is 2. The van der Waals surface area contributed by atoms with Crippen molar-refractivity contribution in [2.45, 2.75) is 31.7 Å². The lowest BCUT2D eigenvalue weighted by atomic mass is 10.1. The number of hydrogen-bond donors (Lipinski definition) is 0. The van der Waals surface area contributed by atoms with Crippen LogP contribution in [0.4, 0.5) is 5.69 Å². The van der Waals surface area contributed by atoms with Crippen molar-refractivity contribution < 1.29 is 14.3 Å². The van der Waals surface area contributed by atoms with Gasteiger partial charge in [0.1, 0.15) is 0 Å². The van der Waals surface area contributed by atoms with Crippen molar-refractivity contribution >= 4 is 27.5 Å². The topological polar surface area (TPSA) is 42.0 Å². The third-order valence-corrected chi connectivity index (χ3v) is 6.57. The van der Waals surface area contributed by atoms with Crippen LogP contribution in [0.3, 0.4) is 0 Å². The molecule has 0 bridgehead atoms. The Kier molecular flexibility index (Phi) is 6.64. The van der Waals surface area contributed by atoms with E-state index in [0.717, 1.165) is 29.0 Å². The van der Waals surface area contributed by atoms with E-state index in [9.17, 15) is 4.79 Å². The van der Waals surface area contributed by atoms with Gasteiger partial charge in [0.05, 0.1) is 14.2 Å². The van der Waals surface area contributed by atoms with Crippen LogP contribution in [0.2, 0.25) is 0 Å². The van der Waals surface area contributed by atoms with Crippen LogP contribution in [0.25, 0.3) is 0 Å². The molecular weight excluding hydrogens is 444 g/mol. The van der Waals surface area contributed by atoms with E-state index in [2.05, 4.69) is 20.8 Å². The number of halogens is 1. The summed E-state index contributed by atoms with van der Waals surface area (Å²) in [5, 5.41) is 0. The number of anilines is 1. The van der Waals surface area contributed by atoms with E-state index in [1.807, 2.05) is 35.2 Å². The molecule has 1 aliphatic heterocycles. The van der Waals surface area contributed by atoms with Crippen LogP contribution in [0.5, 0.6) is 11.5 Å². The van der Waals surface area contributed by atoms with Gasteiger partial charge in [0, 0.05) is 34.9 Å². The van der Waals surface area contributed by atoms with Crippen LogP contribution >= 0.6 is 15.9 Å². The van der Waals surface area contributed by atoms with Gasteiger partial charge < -0.3 is 14.4 Å². The summed E-state index contributed by atoms with van der Waals surface area (Å²) in [6, 6.07) is 13.7. The molecule has 1 unspecified atom stereocenters. The fraction of sp³-hybridized carbons (Fsp3) is 0.458. The van der Waals surface area contributed by atoms with Gasteiger partial charge in [-0.2, -0.15) is 0 Å². The maximum atomic E-state index is 13.6. The SMILES string of the molecule is COc1ccc(C(=O)N(CC2CCCN2CC2CC2)c2cccc(Br)c2)cc1OC. The van der Waals surface area contributed by atoms with Crippen LogP contribution < -0.4 is 14.4 Å². The molecule has 1 aliphatic carbocycles. The monoisotopic (exact) mass is 472 g/mol. The third kappa shape index (κ3) is 4.81. The van der Waals surface area contributed by atoms with Gasteiger partial charge in [-0.3, -0.25) is 9.69 Å². The Labute approximate surface area is 187 Å². The summed E-state index contributed by atoms with van der Waals surface area (Å²) in [7, 11) is 3.19. The molecule has 2 aliphatic rings. The molecule has 2 aromatic carbocycles. The number of methoxy groups -OCH3 is 2. The van der Waals surface area contributed by atoms with Gasteiger partial charge in [-0.15, -0.1) is 0 Å². The van der Waals surface area contributed by atoms with E-state index in [0.29, 0.717) is 29.6 Å². The molecule has 0 N–H and O–H groups in total. The van der Waals surface area contributed by atoms with Crippen molar-refractivity contribution in [1.82, 2.24) is 4.90 Å². The van der Waals surface area contributed by atoms with Crippen molar-refractivity contribution in [1.29, 1.82) is 0 Å². The molecule has 1 amide bonds. The lowest BCUT2D eigenvalue weighted by Crippen LogP contribution is -2.44. The van der Waals surface area contributed by atoms with Crippen LogP contribution in [-0.4, -0.2) is 50.7 Å². The van der Waals surface area contributed by atoms with E-state index in [-0.39, 0.29) is 5.91 Å². The lowest BCUT2D eigenvalue weighted by molar-refractivity contribution is 0.0977. The largest absolute Gasteiger partial charge is 0.493 e. The van der Waals surface area contributed by atoms with Gasteiger partial charge in [0.25, 0.3) is 5.91 Å². The zero-order valence-electron chi connectivity index (χ0n) is 17.6. The Morgan fingerprint density at radius 2 is 1.90 bits per heavy atom. The van der Waals surface area contributed by atoms with Gasteiger partial charge in [-0.25, -0.2) is 0 Å². The van der Waals surface area contributed by atoms with Gasteiger partial charge in [0.15, 0.2) is 11.5 Å². The highest BCUT2D eigenvalue weighted by Gasteiger charge is 2.33. The highest BCUT2D eigenvalue weighted by atomic mass is 79.9. The number of benzene rings is 2. The standard InChI is InChI=1S/C24H29BrN2O3/c1-29-22-11-10-18(13-23(22)30-2)24(28)27(20-6-3-5-19(25)14-20)16-21-7-4-12-26(21)15-17-8-9-17/h3,5-6,10-11,13-14,17,21H,4,7-9,12,15-16H2,1-2H3. The third-order valence-electron chi connectivity index (χ3n) is 6.08. The van der Waals surface area contributed by atoms with E-state index in [1.165, 1.54) is 25.8 Å². The molecule has 4 rings (SSSR count). The van der Waals surface area contributed by atoms with Gasteiger partial charge >= 0.3 is 0 Å². The summed E-state index contributed by atoms with van der Waals surface area (Å²) >= 11 is 3.56. The van der Waals surface area contributed by atoms with Crippen LogP contribution in [-0.2, 0) is 0 Å². The first kappa shape index (κ1) is 21.2. The molecule has 1 atom stereocenters. The second kappa shape index (κ2) is 9.40. The first-order valence-electron chi connectivity index (χ1n) is 10.6. The summed E-state index contributed by atoms with van der Waals surface area (Å²) in [6.07, 6.45) is 5.04.